The van der Waals surface area contributed by atoms with Gasteiger partial charge in [-0.1, -0.05) is 0 Å². The maximum atomic E-state index is 11.9. The van der Waals surface area contributed by atoms with Crippen molar-refractivity contribution >= 4 is 17.3 Å². The number of hydrogen-bond donors (Lipinski definition) is 0. The topological polar surface area (TPSA) is 57.0 Å². The Morgan fingerprint density at radius 1 is 1.35 bits per heavy atom. The Labute approximate surface area is 99.4 Å². The van der Waals surface area contributed by atoms with Crippen molar-refractivity contribution in [3.8, 4) is 0 Å². The maximum Gasteiger partial charge on any atom is 0.421 e. The summed E-state index contributed by atoms with van der Waals surface area (Å²) in [7, 11) is 0. The van der Waals surface area contributed by atoms with E-state index >= 15 is 0 Å². The van der Waals surface area contributed by atoms with Gasteiger partial charge in [-0.2, -0.15) is 0 Å². The molecule has 0 atom stereocenters. The summed E-state index contributed by atoms with van der Waals surface area (Å²) in [5.74, 6) is 0. The van der Waals surface area contributed by atoms with Crippen molar-refractivity contribution < 1.29 is 9.53 Å². The molecule has 5 nitrogen and oxygen atoms in total. The smallest absolute Gasteiger partial charge is 0.421 e. The van der Waals surface area contributed by atoms with Crippen molar-refractivity contribution in [2.75, 3.05) is 0 Å². The van der Waals surface area contributed by atoms with Crippen molar-refractivity contribution in [1.82, 2.24) is 14.5 Å². The number of pyridine rings is 1. The van der Waals surface area contributed by atoms with Gasteiger partial charge in [0.1, 0.15) is 17.4 Å². The van der Waals surface area contributed by atoms with Gasteiger partial charge in [0.25, 0.3) is 0 Å². The zero-order valence-electron chi connectivity index (χ0n) is 10.4. The predicted octanol–water partition coefficient (Wildman–Crippen LogP) is 2.52. The summed E-state index contributed by atoms with van der Waals surface area (Å²) in [5.41, 5.74) is 1.70. The molecule has 0 saturated carbocycles. The first-order valence-corrected chi connectivity index (χ1v) is 5.40. The normalized spacial score (nSPS) is 11.8. The van der Waals surface area contributed by atoms with Gasteiger partial charge in [0.15, 0.2) is 5.65 Å². The molecule has 0 radical (unpaired) electrons. The standard InChI is InChI=1S/C12H15N3O2/c1-8-5-6-13-10-9(8)14-7-15(10)11(16)17-12(2,3)4/h5-7H,1-4H3. The summed E-state index contributed by atoms with van der Waals surface area (Å²) in [5, 5.41) is 0. The molecule has 0 aromatic carbocycles. The molecule has 0 N–H and O–H groups in total. The number of carbonyl (C=O) groups excluding carboxylic acids is 1. The first kappa shape index (κ1) is 11.6. The van der Waals surface area contributed by atoms with Crippen LogP contribution in [0.4, 0.5) is 4.79 Å². The lowest BCUT2D eigenvalue weighted by Gasteiger charge is -2.19. The van der Waals surface area contributed by atoms with E-state index < -0.39 is 11.7 Å². The van der Waals surface area contributed by atoms with Crippen molar-refractivity contribution in [1.29, 1.82) is 0 Å². The fourth-order valence-corrected chi connectivity index (χ4v) is 1.49. The van der Waals surface area contributed by atoms with Gasteiger partial charge in [0, 0.05) is 6.20 Å². The molecule has 0 aliphatic heterocycles. The van der Waals surface area contributed by atoms with E-state index in [0.29, 0.717) is 5.65 Å². The molecule has 0 spiro atoms. The summed E-state index contributed by atoms with van der Waals surface area (Å²) < 4.78 is 6.60. The molecule has 0 aliphatic rings. The molecule has 0 saturated heterocycles. The summed E-state index contributed by atoms with van der Waals surface area (Å²) in [6, 6.07) is 1.86. The van der Waals surface area contributed by atoms with Crippen LogP contribution < -0.4 is 0 Å². The zero-order chi connectivity index (χ0) is 12.6. The Hall–Kier alpha value is -1.91. The fraction of sp³-hybridized carbons (Fsp3) is 0.417. The quantitative estimate of drug-likeness (QED) is 0.701. The molecule has 0 bridgehead atoms. The average molecular weight is 233 g/mol. The van der Waals surface area contributed by atoms with Crippen LogP contribution in [0.25, 0.3) is 11.2 Å². The summed E-state index contributed by atoms with van der Waals surface area (Å²) in [6.07, 6.45) is 2.64. The number of carbonyl (C=O) groups is 1. The van der Waals surface area contributed by atoms with Crippen molar-refractivity contribution in [3.63, 3.8) is 0 Å². The van der Waals surface area contributed by atoms with Gasteiger partial charge in [-0.25, -0.2) is 19.3 Å². The largest absolute Gasteiger partial charge is 0.443 e. The van der Waals surface area contributed by atoms with Crippen LogP contribution in [0.3, 0.4) is 0 Å². The van der Waals surface area contributed by atoms with Gasteiger partial charge >= 0.3 is 6.09 Å². The highest BCUT2D eigenvalue weighted by Gasteiger charge is 2.20. The highest BCUT2D eigenvalue weighted by molar-refractivity contribution is 5.85. The Kier molecular flexibility index (Phi) is 2.61. The summed E-state index contributed by atoms with van der Waals surface area (Å²) in [6.45, 7) is 7.39. The maximum absolute atomic E-state index is 11.9. The SMILES string of the molecule is Cc1ccnc2c1ncn2C(=O)OC(C)(C)C. The van der Waals surface area contributed by atoms with Gasteiger partial charge in [-0.3, -0.25) is 0 Å². The molecule has 0 aliphatic carbocycles. The number of fused-ring (bicyclic) bond motifs is 1. The molecule has 0 amide bonds. The van der Waals surface area contributed by atoms with E-state index in [-0.39, 0.29) is 0 Å². The molecule has 17 heavy (non-hydrogen) atoms. The first-order valence-electron chi connectivity index (χ1n) is 5.40. The van der Waals surface area contributed by atoms with Crippen LogP contribution >= 0.6 is 0 Å². The minimum Gasteiger partial charge on any atom is -0.443 e. The highest BCUT2D eigenvalue weighted by atomic mass is 16.6. The van der Waals surface area contributed by atoms with Crippen LogP contribution in [-0.4, -0.2) is 26.2 Å². The van der Waals surface area contributed by atoms with E-state index in [1.165, 1.54) is 10.9 Å². The highest BCUT2D eigenvalue weighted by Crippen LogP contribution is 2.16. The molecule has 2 rings (SSSR count). The van der Waals surface area contributed by atoms with Crippen LogP contribution in [0.5, 0.6) is 0 Å². The number of aromatic nitrogens is 3. The summed E-state index contributed by atoms with van der Waals surface area (Å²) >= 11 is 0. The number of rotatable bonds is 0. The zero-order valence-corrected chi connectivity index (χ0v) is 10.4. The van der Waals surface area contributed by atoms with Gasteiger partial charge in [-0.15, -0.1) is 0 Å². The van der Waals surface area contributed by atoms with Gasteiger partial charge in [0.2, 0.25) is 0 Å². The van der Waals surface area contributed by atoms with Gasteiger partial charge < -0.3 is 4.74 Å². The number of imidazole rings is 1. The second-order valence-corrected chi connectivity index (χ2v) is 4.89. The molecule has 5 heteroatoms. The van der Waals surface area contributed by atoms with Gasteiger partial charge in [-0.05, 0) is 39.3 Å². The van der Waals surface area contributed by atoms with Crippen LogP contribution in [0.2, 0.25) is 0 Å². The monoisotopic (exact) mass is 233 g/mol. The first-order chi connectivity index (χ1) is 7.88. The van der Waals surface area contributed by atoms with E-state index in [9.17, 15) is 4.79 Å². The Balaban J connectivity index is 2.43. The third-order valence-corrected chi connectivity index (χ3v) is 2.23. The third-order valence-electron chi connectivity index (χ3n) is 2.23. The second kappa shape index (κ2) is 3.84. The number of ether oxygens (including phenoxy) is 1. The van der Waals surface area contributed by atoms with Gasteiger partial charge in [0.05, 0.1) is 0 Å². The minimum atomic E-state index is -0.530. The predicted molar refractivity (Wildman–Crippen MR) is 63.9 cm³/mol. The molecule has 2 heterocycles. The molecule has 2 aromatic rings. The average Bonchev–Trinajstić information content (AvgIpc) is 2.60. The fourth-order valence-electron chi connectivity index (χ4n) is 1.49. The third kappa shape index (κ3) is 2.27. The Morgan fingerprint density at radius 2 is 2.06 bits per heavy atom. The molecule has 0 unspecified atom stereocenters. The summed E-state index contributed by atoms with van der Waals surface area (Å²) in [4.78, 5) is 20.2. The number of aryl methyl sites for hydroxylation is 1. The molecule has 0 fully saturated rings. The van der Waals surface area contributed by atoms with Crippen LogP contribution in [0.15, 0.2) is 18.6 Å². The van der Waals surface area contributed by atoms with E-state index in [4.69, 9.17) is 4.74 Å². The second-order valence-electron chi connectivity index (χ2n) is 4.89. The lowest BCUT2D eigenvalue weighted by Crippen LogP contribution is -2.26. The lowest BCUT2D eigenvalue weighted by atomic mass is 10.2. The Morgan fingerprint density at radius 3 is 2.71 bits per heavy atom. The van der Waals surface area contributed by atoms with E-state index in [2.05, 4.69) is 9.97 Å². The molecular formula is C12H15N3O2. The van der Waals surface area contributed by atoms with E-state index in [0.717, 1.165) is 11.1 Å². The minimum absolute atomic E-state index is 0.460. The molecular weight excluding hydrogens is 218 g/mol. The van der Waals surface area contributed by atoms with Crippen LogP contribution in [0.1, 0.15) is 26.3 Å². The van der Waals surface area contributed by atoms with Crippen molar-refractivity contribution in [2.24, 2.45) is 0 Å². The number of nitrogens with zero attached hydrogens (tertiary/aromatic N) is 3. The van der Waals surface area contributed by atoms with Crippen molar-refractivity contribution in [2.45, 2.75) is 33.3 Å². The van der Waals surface area contributed by atoms with Crippen LogP contribution in [-0.2, 0) is 4.74 Å². The van der Waals surface area contributed by atoms with E-state index in [1.807, 2.05) is 33.8 Å². The molecule has 90 valence electrons. The Bertz CT molecular complexity index is 567. The van der Waals surface area contributed by atoms with Crippen molar-refractivity contribution in [3.05, 3.63) is 24.2 Å². The number of hydrogen-bond acceptors (Lipinski definition) is 4. The van der Waals surface area contributed by atoms with Crippen LogP contribution in [0, 0.1) is 6.92 Å². The van der Waals surface area contributed by atoms with E-state index in [1.54, 1.807) is 6.20 Å². The lowest BCUT2D eigenvalue weighted by molar-refractivity contribution is 0.0543. The molecule has 2 aromatic heterocycles.